The highest BCUT2D eigenvalue weighted by Crippen LogP contribution is 2.21. The van der Waals surface area contributed by atoms with Crippen LogP contribution in [0.15, 0.2) is 4.99 Å². The summed E-state index contributed by atoms with van der Waals surface area (Å²) < 4.78 is 34.6. The lowest BCUT2D eigenvalue weighted by molar-refractivity contribution is -0.105. The van der Waals surface area contributed by atoms with Crippen molar-refractivity contribution in [1.29, 1.82) is 5.41 Å². The van der Waals surface area contributed by atoms with Gasteiger partial charge in [-0.2, -0.15) is 18.2 Å². The molecule has 0 aliphatic carbocycles. The number of thioether (sulfide) groups is 1. The van der Waals surface area contributed by atoms with Crippen molar-refractivity contribution in [2.24, 2.45) is 16.5 Å². The van der Waals surface area contributed by atoms with Gasteiger partial charge >= 0.3 is 6.18 Å². The summed E-state index contributed by atoms with van der Waals surface area (Å²) in [7, 11) is 0. The molecular weight excluding hydrogens is 193 g/mol. The van der Waals surface area contributed by atoms with Crippen LogP contribution in [0.3, 0.4) is 0 Å². The second-order valence-corrected chi connectivity index (χ2v) is 2.71. The molecule has 0 aromatic carbocycles. The van der Waals surface area contributed by atoms with Crippen LogP contribution < -0.4 is 11.5 Å². The number of hydrogen-bond donors (Lipinski definition) is 3. The third-order valence-electron chi connectivity index (χ3n) is 0.603. The van der Waals surface area contributed by atoms with E-state index in [1.165, 1.54) is 0 Å². The molecule has 0 aliphatic rings. The van der Waals surface area contributed by atoms with Crippen molar-refractivity contribution < 1.29 is 13.2 Å². The number of guanidine groups is 1. The van der Waals surface area contributed by atoms with Crippen LogP contribution in [-0.2, 0) is 0 Å². The Morgan fingerprint density at radius 2 is 1.92 bits per heavy atom. The Labute approximate surface area is 70.7 Å². The molecule has 0 atom stereocenters. The van der Waals surface area contributed by atoms with Crippen molar-refractivity contribution in [3.63, 3.8) is 0 Å². The molecule has 0 spiro atoms. The second-order valence-electron chi connectivity index (χ2n) is 1.75. The van der Waals surface area contributed by atoms with Crippen LogP contribution in [0.4, 0.5) is 13.2 Å². The van der Waals surface area contributed by atoms with E-state index in [1.807, 2.05) is 0 Å². The monoisotopic (exact) mass is 200 g/mol. The van der Waals surface area contributed by atoms with Gasteiger partial charge in [-0.15, -0.1) is 0 Å². The maximum Gasteiger partial charge on any atom is 0.398 e. The Hall–Kier alpha value is -0.920. The highest BCUT2D eigenvalue weighted by molar-refractivity contribution is 8.13. The molecule has 0 aliphatic heterocycles. The van der Waals surface area contributed by atoms with Crippen molar-refractivity contribution in [2.75, 3.05) is 5.75 Å². The van der Waals surface area contributed by atoms with Gasteiger partial charge in [0.05, 0.1) is 5.75 Å². The number of hydrogen-bond acceptors (Lipinski definition) is 2. The SMILES string of the molecule is N=C(N=C(N)N)SCC(F)(F)F. The fourth-order valence-corrected chi connectivity index (χ4v) is 0.770. The molecule has 0 aromatic heterocycles. The Bertz CT molecular complexity index is 195. The topological polar surface area (TPSA) is 88.2 Å². The summed E-state index contributed by atoms with van der Waals surface area (Å²) in [5, 5.41) is 6.27. The molecule has 0 heterocycles. The Morgan fingerprint density at radius 1 is 1.42 bits per heavy atom. The van der Waals surface area contributed by atoms with Crippen LogP contribution in [0.25, 0.3) is 0 Å². The molecule has 0 radical (unpaired) electrons. The lowest BCUT2D eigenvalue weighted by atomic mass is 10.8. The number of nitrogens with zero attached hydrogens (tertiary/aromatic N) is 1. The maximum atomic E-state index is 11.5. The minimum Gasteiger partial charge on any atom is -0.370 e. The first kappa shape index (κ1) is 11.1. The van der Waals surface area contributed by atoms with Crippen molar-refractivity contribution in [3.8, 4) is 0 Å². The lowest BCUT2D eigenvalue weighted by Gasteiger charge is -2.03. The van der Waals surface area contributed by atoms with E-state index in [0.717, 1.165) is 0 Å². The van der Waals surface area contributed by atoms with Crippen molar-refractivity contribution in [1.82, 2.24) is 0 Å². The quantitative estimate of drug-likeness (QED) is 0.425. The normalized spacial score (nSPS) is 10.9. The van der Waals surface area contributed by atoms with Gasteiger partial charge in [-0.3, -0.25) is 5.41 Å². The van der Waals surface area contributed by atoms with E-state index in [0.29, 0.717) is 0 Å². The van der Waals surface area contributed by atoms with E-state index in [-0.39, 0.29) is 11.8 Å². The van der Waals surface area contributed by atoms with Gasteiger partial charge in [-0.05, 0) is 0 Å². The fraction of sp³-hybridized carbons (Fsp3) is 0.500. The number of nitrogens with one attached hydrogen (secondary N) is 1. The van der Waals surface area contributed by atoms with E-state index in [9.17, 15) is 13.2 Å². The van der Waals surface area contributed by atoms with Crippen LogP contribution in [-0.4, -0.2) is 23.1 Å². The summed E-state index contributed by atoms with van der Waals surface area (Å²) in [6.07, 6.45) is -4.31. The predicted molar refractivity (Wildman–Crippen MR) is 42.0 cm³/mol. The molecule has 8 heteroatoms. The second kappa shape index (κ2) is 4.19. The van der Waals surface area contributed by atoms with Gasteiger partial charge in [0.25, 0.3) is 0 Å². The molecule has 0 rings (SSSR count). The largest absolute Gasteiger partial charge is 0.398 e. The molecule has 4 nitrogen and oxygen atoms in total. The molecule has 0 aromatic rings. The number of alkyl halides is 3. The number of amidine groups is 1. The summed E-state index contributed by atoms with van der Waals surface area (Å²) >= 11 is 0.222. The standard InChI is InChI=1S/C4H7F3N4S/c5-4(6,7)1-12-3(10)11-2(8)9/h1H2,(H5,8,9,10,11). The first-order valence-corrected chi connectivity index (χ1v) is 3.67. The molecule has 5 N–H and O–H groups in total. The third-order valence-corrected chi connectivity index (χ3v) is 1.44. The Kier molecular flexibility index (Phi) is 3.87. The van der Waals surface area contributed by atoms with Crippen molar-refractivity contribution in [2.45, 2.75) is 6.18 Å². The van der Waals surface area contributed by atoms with Gasteiger partial charge in [-0.25, -0.2) is 0 Å². The van der Waals surface area contributed by atoms with Gasteiger partial charge < -0.3 is 11.5 Å². The third kappa shape index (κ3) is 7.19. The van der Waals surface area contributed by atoms with Crippen LogP contribution in [0.2, 0.25) is 0 Å². The summed E-state index contributed by atoms with van der Waals surface area (Å²) in [6, 6.07) is 0. The van der Waals surface area contributed by atoms with Gasteiger partial charge in [0.1, 0.15) is 0 Å². The van der Waals surface area contributed by atoms with E-state index in [1.54, 1.807) is 0 Å². The van der Waals surface area contributed by atoms with Crippen molar-refractivity contribution >= 4 is 22.9 Å². The molecule has 0 saturated heterocycles. The molecule has 0 amide bonds. The van der Waals surface area contributed by atoms with E-state index in [2.05, 4.69) is 4.99 Å². The van der Waals surface area contributed by atoms with Gasteiger partial charge in [0, 0.05) is 0 Å². The average molecular weight is 200 g/mol. The minimum absolute atomic E-state index is 0.222. The smallest absolute Gasteiger partial charge is 0.370 e. The fourth-order valence-electron chi connectivity index (χ4n) is 0.300. The highest BCUT2D eigenvalue weighted by Gasteiger charge is 2.27. The van der Waals surface area contributed by atoms with Crippen LogP contribution in [0, 0.1) is 5.41 Å². The summed E-state index contributed by atoms with van der Waals surface area (Å²) in [4.78, 5) is 3.10. The first-order valence-electron chi connectivity index (χ1n) is 2.69. The first-order chi connectivity index (χ1) is 5.31. The predicted octanol–water partition coefficient (Wildman–Crippen LogP) is 0.490. The summed E-state index contributed by atoms with van der Waals surface area (Å²) in [6.45, 7) is 0. The zero-order valence-electron chi connectivity index (χ0n) is 5.85. The van der Waals surface area contributed by atoms with E-state index in [4.69, 9.17) is 16.9 Å². The van der Waals surface area contributed by atoms with Gasteiger partial charge in [0.2, 0.25) is 0 Å². The zero-order chi connectivity index (χ0) is 9.78. The van der Waals surface area contributed by atoms with E-state index >= 15 is 0 Å². The molecule has 12 heavy (non-hydrogen) atoms. The van der Waals surface area contributed by atoms with E-state index < -0.39 is 23.1 Å². The van der Waals surface area contributed by atoms with Crippen LogP contribution >= 0.6 is 11.8 Å². The molecule has 0 fully saturated rings. The van der Waals surface area contributed by atoms with Gasteiger partial charge in [-0.1, -0.05) is 11.8 Å². The summed E-state index contributed by atoms with van der Waals surface area (Å²) in [5.74, 6) is -1.59. The zero-order valence-corrected chi connectivity index (χ0v) is 6.67. The molecule has 70 valence electrons. The maximum absolute atomic E-state index is 11.5. The Balaban J connectivity index is 3.81. The number of nitrogens with two attached hydrogens (primary N) is 2. The number of aliphatic imine (C=N–C) groups is 1. The van der Waals surface area contributed by atoms with Crippen LogP contribution in [0.1, 0.15) is 0 Å². The Morgan fingerprint density at radius 3 is 2.25 bits per heavy atom. The lowest BCUT2D eigenvalue weighted by Crippen LogP contribution is -2.24. The highest BCUT2D eigenvalue weighted by atomic mass is 32.2. The molecule has 0 unspecified atom stereocenters. The molecule has 0 bridgehead atoms. The molecular formula is C4H7F3N4S. The average Bonchev–Trinajstić information content (AvgIpc) is 1.80. The minimum atomic E-state index is -4.31. The molecule has 0 saturated carbocycles. The van der Waals surface area contributed by atoms with Crippen LogP contribution in [0.5, 0.6) is 0 Å². The summed E-state index contributed by atoms with van der Waals surface area (Å²) in [5.41, 5.74) is 9.65. The number of halogens is 3. The van der Waals surface area contributed by atoms with Crippen molar-refractivity contribution in [3.05, 3.63) is 0 Å². The van der Waals surface area contributed by atoms with Gasteiger partial charge in [0.15, 0.2) is 11.1 Å². The number of rotatable bonds is 1.